The SMILES string of the molecule is Cc1cccc(-c2ccc(C3=C(C4CCCCC4)N4C(=C(C(=O)O)CN4C)N=C3)cc2)c1. The Bertz CT molecular complexity index is 1140. The Morgan fingerprint density at radius 3 is 2.41 bits per heavy atom. The van der Waals surface area contributed by atoms with Crippen LogP contribution in [0.1, 0.15) is 43.2 Å². The Balaban J connectivity index is 1.58. The first-order valence-corrected chi connectivity index (χ1v) is 11.5. The third-order valence-corrected chi connectivity index (χ3v) is 6.82. The first kappa shape index (κ1) is 20.7. The zero-order valence-electron chi connectivity index (χ0n) is 18.7. The number of hydrogen-bond donors (Lipinski definition) is 1. The normalized spacial score (nSPS) is 19.6. The lowest BCUT2D eigenvalue weighted by Gasteiger charge is -2.39. The van der Waals surface area contributed by atoms with Gasteiger partial charge in [0, 0.05) is 30.5 Å². The highest BCUT2D eigenvalue weighted by atomic mass is 16.4. The van der Waals surface area contributed by atoms with Gasteiger partial charge >= 0.3 is 5.97 Å². The molecule has 2 aromatic rings. The van der Waals surface area contributed by atoms with Gasteiger partial charge in [-0.05, 0) is 36.5 Å². The van der Waals surface area contributed by atoms with Crippen LogP contribution in [0.15, 0.2) is 70.6 Å². The molecule has 1 aliphatic carbocycles. The van der Waals surface area contributed by atoms with E-state index < -0.39 is 5.97 Å². The molecule has 0 unspecified atom stereocenters. The van der Waals surface area contributed by atoms with Crippen LogP contribution >= 0.6 is 0 Å². The van der Waals surface area contributed by atoms with Crippen LogP contribution < -0.4 is 0 Å². The maximum atomic E-state index is 11.8. The largest absolute Gasteiger partial charge is 0.478 e. The van der Waals surface area contributed by atoms with Gasteiger partial charge in [0.1, 0.15) is 0 Å². The number of carboxylic acids is 1. The van der Waals surface area contributed by atoms with E-state index in [1.54, 1.807) is 0 Å². The highest BCUT2D eigenvalue weighted by Crippen LogP contribution is 2.42. The van der Waals surface area contributed by atoms with E-state index in [1.807, 2.05) is 18.3 Å². The second kappa shape index (κ2) is 8.40. The molecule has 2 aromatic carbocycles. The van der Waals surface area contributed by atoms with Crippen LogP contribution in [-0.2, 0) is 4.79 Å². The predicted molar refractivity (Wildman–Crippen MR) is 128 cm³/mol. The molecule has 32 heavy (non-hydrogen) atoms. The van der Waals surface area contributed by atoms with Crippen molar-refractivity contribution in [1.29, 1.82) is 0 Å². The molecule has 3 aliphatic rings. The summed E-state index contributed by atoms with van der Waals surface area (Å²) in [4.78, 5) is 16.5. The molecule has 5 heteroatoms. The molecule has 5 rings (SSSR count). The monoisotopic (exact) mass is 427 g/mol. The number of carboxylic acid groups (broad SMARTS) is 1. The Kier molecular flexibility index (Phi) is 5.43. The number of hydrogen-bond acceptors (Lipinski definition) is 4. The minimum atomic E-state index is -0.888. The zero-order chi connectivity index (χ0) is 22.2. The van der Waals surface area contributed by atoms with E-state index in [-0.39, 0.29) is 0 Å². The van der Waals surface area contributed by atoms with E-state index >= 15 is 0 Å². The van der Waals surface area contributed by atoms with E-state index in [2.05, 4.69) is 65.5 Å². The van der Waals surface area contributed by atoms with Gasteiger partial charge in [0.25, 0.3) is 0 Å². The van der Waals surface area contributed by atoms with Crippen molar-refractivity contribution in [1.82, 2.24) is 10.0 Å². The number of benzene rings is 2. The molecule has 0 amide bonds. The highest BCUT2D eigenvalue weighted by molar-refractivity contribution is 6.12. The molecule has 1 saturated carbocycles. The van der Waals surface area contributed by atoms with Gasteiger partial charge in [0.05, 0.1) is 12.1 Å². The minimum Gasteiger partial charge on any atom is -0.478 e. The molecule has 0 spiro atoms. The molecule has 0 saturated heterocycles. The first-order chi connectivity index (χ1) is 15.5. The van der Waals surface area contributed by atoms with Crippen LogP contribution in [0.2, 0.25) is 0 Å². The zero-order valence-corrected chi connectivity index (χ0v) is 18.7. The number of carbonyl (C=O) groups is 1. The summed E-state index contributed by atoms with van der Waals surface area (Å²) in [5.41, 5.74) is 7.46. The van der Waals surface area contributed by atoms with Gasteiger partial charge in [0.15, 0.2) is 5.82 Å². The molecule has 0 aromatic heterocycles. The predicted octanol–water partition coefficient (Wildman–Crippen LogP) is 5.50. The summed E-state index contributed by atoms with van der Waals surface area (Å²) >= 11 is 0. The van der Waals surface area contributed by atoms with E-state index in [9.17, 15) is 9.90 Å². The van der Waals surface area contributed by atoms with E-state index in [0.29, 0.717) is 23.9 Å². The Morgan fingerprint density at radius 2 is 1.72 bits per heavy atom. The Hall–Kier alpha value is -3.18. The van der Waals surface area contributed by atoms with E-state index in [0.717, 1.165) is 24.0 Å². The van der Waals surface area contributed by atoms with Crippen molar-refractivity contribution in [3.05, 3.63) is 76.7 Å². The van der Waals surface area contributed by atoms with E-state index in [4.69, 9.17) is 0 Å². The number of fused-ring (bicyclic) bond motifs is 1. The molecule has 0 bridgehead atoms. The van der Waals surface area contributed by atoms with Gasteiger partial charge in [-0.15, -0.1) is 0 Å². The van der Waals surface area contributed by atoms with Gasteiger partial charge < -0.3 is 5.11 Å². The standard InChI is InChI=1S/C27H29N3O2/c1-18-7-6-10-22(15-18)19-11-13-20(14-12-19)23-16-28-26-24(27(31)32)17-29(2)30(26)25(23)21-8-4-3-5-9-21/h6-7,10-16,21H,3-5,8-9,17H2,1-2H3,(H,31,32). The summed E-state index contributed by atoms with van der Waals surface area (Å²) in [5, 5.41) is 13.8. The third-order valence-electron chi connectivity index (χ3n) is 6.82. The number of allylic oxidation sites excluding steroid dienone is 2. The average Bonchev–Trinajstić information content (AvgIpc) is 3.16. The molecule has 1 N–H and O–H groups in total. The molecule has 1 fully saturated rings. The van der Waals surface area contributed by atoms with Crippen LogP contribution in [-0.4, -0.2) is 40.9 Å². The fourth-order valence-electron chi connectivity index (χ4n) is 5.22. The molecule has 164 valence electrons. The molecule has 2 heterocycles. The second-order valence-corrected chi connectivity index (χ2v) is 9.07. The smallest absolute Gasteiger partial charge is 0.336 e. The van der Waals surface area contributed by atoms with Crippen molar-refractivity contribution in [2.45, 2.75) is 39.0 Å². The molecule has 0 radical (unpaired) electrons. The molecular formula is C27H29N3O2. The number of rotatable bonds is 4. The Labute approximate surface area is 189 Å². The summed E-state index contributed by atoms with van der Waals surface area (Å²) in [6, 6.07) is 17.2. The highest BCUT2D eigenvalue weighted by Gasteiger charge is 2.39. The fourth-order valence-corrected chi connectivity index (χ4v) is 5.22. The van der Waals surface area contributed by atoms with Gasteiger partial charge in [-0.3, -0.25) is 5.01 Å². The number of likely N-dealkylation sites (N-methyl/N-ethyl adjacent to an activating group) is 1. The lowest BCUT2D eigenvalue weighted by molar-refractivity contribution is -0.132. The first-order valence-electron chi connectivity index (χ1n) is 11.5. The van der Waals surface area contributed by atoms with Crippen LogP contribution in [0.3, 0.4) is 0 Å². The molecule has 2 aliphatic heterocycles. The van der Waals surface area contributed by atoms with Crippen molar-refractivity contribution in [2.24, 2.45) is 10.9 Å². The molecule has 0 atom stereocenters. The number of aryl methyl sites for hydroxylation is 1. The summed E-state index contributed by atoms with van der Waals surface area (Å²) in [5.74, 6) is 0.0914. The lowest BCUT2D eigenvalue weighted by Crippen LogP contribution is -2.38. The number of aliphatic carboxylic acids is 1. The molecule has 5 nitrogen and oxygen atoms in total. The van der Waals surface area contributed by atoms with Gasteiger partial charge in [0.2, 0.25) is 0 Å². The van der Waals surface area contributed by atoms with Crippen molar-refractivity contribution < 1.29 is 9.90 Å². The van der Waals surface area contributed by atoms with Gasteiger partial charge in [-0.2, -0.15) is 0 Å². The Morgan fingerprint density at radius 1 is 1.00 bits per heavy atom. The second-order valence-electron chi connectivity index (χ2n) is 9.07. The topological polar surface area (TPSA) is 56.1 Å². The van der Waals surface area contributed by atoms with Crippen LogP contribution in [0, 0.1) is 12.8 Å². The third kappa shape index (κ3) is 3.67. The summed E-state index contributed by atoms with van der Waals surface area (Å²) in [6.07, 6.45) is 7.86. The summed E-state index contributed by atoms with van der Waals surface area (Å²) in [6.45, 7) is 2.48. The minimum absolute atomic E-state index is 0.367. The van der Waals surface area contributed by atoms with Gasteiger partial charge in [-0.25, -0.2) is 14.8 Å². The summed E-state index contributed by atoms with van der Waals surface area (Å²) < 4.78 is 0. The summed E-state index contributed by atoms with van der Waals surface area (Å²) in [7, 11) is 1.96. The number of hydrazine groups is 1. The maximum Gasteiger partial charge on any atom is 0.336 e. The molecular weight excluding hydrogens is 398 g/mol. The lowest BCUT2D eigenvalue weighted by atomic mass is 9.83. The number of aliphatic imine (C=N–C) groups is 1. The number of nitrogens with zero attached hydrogens (tertiary/aromatic N) is 3. The van der Waals surface area contributed by atoms with Crippen LogP contribution in [0.4, 0.5) is 0 Å². The van der Waals surface area contributed by atoms with Crippen molar-refractivity contribution in [2.75, 3.05) is 13.6 Å². The van der Waals surface area contributed by atoms with Crippen molar-refractivity contribution >= 4 is 17.8 Å². The van der Waals surface area contributed by atoms with Crippen LogP contribution in [0.5, 0.6) is 0 Å². The van der Waals surface area contributed by atoms with Crippen molar-refractivity contribution in [3.63, 3.8) is 0 Å². The maximum absolute atomic E-state index is 11.8. The van der Waals surface area contributed by atoms with Crippen LogP contribution in [0.25, 0.3) is 16.7 Å². The quantitative estimate of drug-likeness (QED) is 0.700. The van der Waals surface area contributed by atoms with Gasteiger partial charge in [-0.1, -0.05) is 73.4 Å². The van der Waals surface area contributed by atoms with Crippen molar-refractivity contribution in [3.8, 4) is 11.1 Å². The van der Waals surface area contributed by atoms with E-state index in [1.165, 1.54) is 41.6 Å². The fraction of sp³-hybridized carbons (Fsp3) is 0.333. The average molecular weight is 428 g/mol.